The van der Waals surface area contributed by atoms with Gasteiger partial charge in [0.25, 0.3) is 0 Å². The fraction of sp³-hybridized carbons (Fsp3) is 0.490. The summed E-state index contributed by atoms with van der Waals surface area (Å²) in [5.74, 6) is -0.428. The first-order chi connectivity index (χ1) is 29.9. The van der Waals surface area contributed by atoms with E-state index in [1.54, 1.807) is 38.1 Å². The molecule has 1 aliphatic rings. The summed E-state index contributed by atoms with van der Waals surface area (Å²) in [5.41, 5.74) is 12.4. The molecule has 2 aromatic carbocycles. The van der Waals surface area contributed by atoms with E-state index in [9.17, 15) is 19.2 Å². The van der Waals surface area contributed by atoms with Gasteiger partial charge < -0.3 is 29.4 Å². The molecular formula is C51H66ClN3O9. The minimum absolute atomic E-state index is 0.0540. The van der Waals surface area contributed by atoms with Crippen LogP contribution in [0.2, 0.25) is 5.02 Å². The Morgan fingerprint density at radius 1 is 0.656 bits per heavy atom. The monoisotopic (exact) mass is 899 g/mol. The van der Waals surface area contributed by atoms with Gasteiger partial charge in [-0.15, -0.1) is 0 Å². The molecule has 5 rings (SSSR count). The second kappa shape index (κ2) is 21.7. The lowest BCUT2D eigenvalue weighted by Gasteiger charge is -2.30. The highest BCUT2D eigenvalue weighted by Crippen LogP contribution is 2.41. The Labute approximate surface area is 383 Å². The third-order valence-electron chi connectivity index (χ3n) is 11.2. The number of benzene rings is 2. The van der Waals surface area contributed by atoms with Crippen LogP contribution in [-0.2, 0) is 33.3 Å². The molecule has 2 heterocycles. The number of nitrogens with two attached hydrogens (primary N) is 1. The summed E-state index contributed by atoms with van der Waals surface area (Å²) in [6.07, 6.45) is 2.99. The standard InChI is InChI=1S/C29H38ClNO4.C22H28N2O5/c1-17-8-10-20(11-9-17)16-23(32)26-18(2)24(21-12-14-22(30)15-13-21)25(19(3)31-26)27(28(33)34-7)35-29(4,5)6;1-12-16(14-8-10-15(23)11-9-14)17(13(2)24-18(12)20(25)27-6)19(21(26)28-7)29-22(3,4)5/h12-15,17,20,27H,8-11,16H2,1-7H3;8-11,19H,23H2,1-7H3/t17?,20?,27-;19-/m00/s1. The lowest BCUT2D eigenvalue weighted by molar-refractivity contribution is -0.164. The summed E-state index contributed by atoms with van der Waals surface area (Å²) in [4.78, 5) is 60.6. The second-order valence-electron chi connectivity index (χ2n) is 18.6. The molecule has 0 radical (unpaired) electrons. The van der Waals surface area contributed by atoms with Crippen molar-refractivity contribution in [3.8, 4) is 22.3 Å². The molecule has 2 aromatic heterocycles. The lowest BCUT2D eigenvalue weighted by Crippen LogP contribution is -2.30. The Kier molecular flexibility index (Phi) is 17.4. The number of carbonyl (C=O) groups is 4. The molecule has 1 saturated carbocycles. The molecule has 0 amide bonds. The van der Waals surface area contributed by atoms with Crippen LogP contribution >= 0.6 is 11.6 Å². The molecule has 1 fully saturated rings. The summed E-state index contributed by atoms with van der Waals surface area (Å²) < 4.78 is 27.3. The molecule has 0 unspecified atom stereocenters. The number of hydrogen-bond donors (Lipinski definition) is 1. The van der Waals surface area contributed by atoms with Crippen LogP contribution in [0, 0.1) is 39.5 Å². The van der Waals surface area contributed by atoms with Gasteiger partial charge in [0.1, 0.15) is 5.69 Å². The Morgan fingerprint density at radius 3 is 1.47 bits per heavy atom. The van der Waals surface area contributed by atoms with Crippen LogP contribution in [0.3, 0.4) is 0 Å². The normalized spacial score (nSPS) is 16.2. The average molecular weight is 901 g/mol. The van der Waals surface area contributed by atoms with Gasteiger partial charge >= 0.3 is 17.9 Å². The van der Waals surface area contributed by atoms with Gasteiger partial charge in [0.2, 0.25) is 0 Å². The van der Waals surface area contributed by atoms with Crippen molar-refractivity contribution in [2.45, 2.75) is 132 Å². The fourth-order valence-corrected chi connectivity index (χ4v) is 8.23. The van der Waals surface area contributed by atoms with E-state index in [2.05, 4.69) is 11.9 Å². The number of pyridine rings is 2. The van der Waals surface area contributed by atoms with E-state index in [1.165, 1.54) is 34.2 Å². The van der Waals surface area contributed by atoms with Crippen molar-refractivity contribution in [3.63, 3.8) is 0 Å². The van der Waals surface area contributed by atoms with Crippen LogP contribution in [0.4, 0.5) is 5.69 Å². The molecule has 346 valence electrons. The number of nitrogens with zero attached hydrogens (tertiary/aromatic N) is 2. The van der Waals surface area contributed by atoms with Crippen LogP contribution in [0.1, 0.15) is 147 Å². The molecule has 0 saturated heterocycles. The summed E-state index contributed by atoms with van der Waals surface area (Å²) in [7, 11) is 3.96. The Hall–Kier alpha value is -5.17. The molecule has 0 bridgehead atoms. The zero-order valence-corrected chi connectivity index (χ0v) is 40.7. The number of methoxy groups -OCH3 is 3. The summed E-state index contributed by atoms with van der Waals surface area (Å²) >= 11 is 6.17. The number of nitrogen functional groups attached to an aromatic ring is 1. The number of Topliss-reactive ketones (excluding diaryl/α,β-unsaturated/α-hetero) is 1. The van der Waals surface area contributed by atoms with Crippen molar-refractivity contribution in [2.75, 3.05) is 27.1 Å². The number of esters is 3. The predicted octanol–water partition coefficient (Wildman–Crippen LogP) is 11.2. The maximum atomic E-state index is 13.5. The summed E-state index contributed by atoms with van der Waals surface area (Å²) in [5, 5.41) is 0.608. The second-order valence-corrected chi connectivity index (χ2v) is 19.0. The lowest BCUT2D eigenvalue weighted by atomic mass is 9.80. The maximum absolute atomic E-state index is 13.5. The molecule has 12 nitrogen and oxygen atoms in total. The van der Waals surface area contributed by atoms with Crippen molar-refractivity contribution in [3.05, 3.63) is 98.6 Å². The number of aromatic nitrogens is 2. The summed E-state index contributed by atoms with van der Waals surface area (Å²) in [6.45, 7) is 20.7. The molecule has 64 heavy (non-hydrogen) atoms. The number of rotatable bonds is 12. The van der Waals surface area contributed by atoms with Gasteiger partial charge in [-0.05, 0) is 152 Å². The first-order valence-electron chi connectivity index (χ1n) is 21.7. The van der Waals surface area contributed by atoms with Crippen molar-refractivity contribution in [1.29, 1.82) is 0 Å². The molecule has 0 aliphatic heterocycles. The quantitative estimate of drug-likeness (QED) is 0.0620. The number of halogens is 1. The first-order valence-corrected chi connectivity index (χ1v) is 22.1. The van der Waals surface area contributed by atoms with Gasteiger partial charge in [0.05, 0.1) is 32.5 Å². The number of ether oxygens (including phenoxy) is 5. The van der Waals surface area contributed by atoms with Gasteiger partial charge in [-0.1, -0.05) is 55.6 Å². The summed E-state index contributed by atoms with van der Waals surface area (Å²) in [6, 6.07) is 14.6. The highest BCUT2D eigenvalue weighted by molar-refractivity contribution is 6.30. The minimum atomic E-state index is -1.02. The van der Waals surface area contributed by atoms with Crippen LogP contribution < -0.4 is 5.73 Å². The Balaban J connectivity index is 0.000000286. The van der Waals surface area contributed by atoms with Crippen molar-refractivity contribution in [2.24, 2.45) is 11.8 Å². The van der Waals surface area contributed by atoms with Crippen molar-refractivity contribution < 1.29 is 42.9 Å². The van der Waals surface area contributed by atoms with Gasteiger partial charge in [0.15, 0.2) is 23.7 Å². The van der Waals surface area contributed by atoms with Gasteiger partial charge in [0, 0.05) is 39.6 Å². The zero-order valence-electron chi connectivity index (χ0n) is 40.0. The van der Waals surface area contributed by atoms with E-state index in [4.69, 9.17) is 46.0 Å². The largest absolute Gasteiger partial charge is 0.467 e. The number of aryl methyl sites for hydroxylation is 2. The third kappa shape index (κ3) is 13.0. The number of carbonyl (C=O) groups excluding carboxylic acids is 4. The number of ketones is 1. The van der Waals surface area contributed by atoms with Crippen LogP contribution in [0.5, 0.6) is 0 Å². The minimum Gasteiger partial charge on any atom is -0.467 e. The van der Waals surface area contributed by atoms with E-state index in [0.29, 0.717) is 62.4 Å². The zero-order chi connectivity index (χ0) is 47.8. The molecule has 1 aliphatic carbocycles. The Bertz CT molecular complexity index is 2300. The van der Waals surface area contributed by atoms with E-state index < -0.39 is 41.3 Å². The molecular weight excluding hydrogens is 834 g/mol. The molecule has 4 aromatic rings. The van der Waals surface area contributed by atoms with E-state index in [1.807, 2.05) is 79.7 Å². The smallest absolute Gasteiger partial charge is 0.356 e. The predicted molar refractivity (Wildman–Crippen MR) is 250 cm³/mol. The fourth-order valence-electron chi connectivity index (χ4n) is 8.11. The van der Waals surface area contributed by atoms with E-state index in [0.717, 1.165) is 41.0 Å². The van der Waals surface area contributed by atoms with Crippen LogP contribution in [-0.4, -0.2) is 66.2 Å². The van der Waals surface area contributed by atoms with Gasteiger partial charge in [-0.2, -0.15) is 0 Å². The van der Waals surface area contributed by atoms with Crippen LogP contribution in [0.25, 0.3) is 22.3 Å². The van der Waals surface area contributed by atoms with E-state index >= 15 is 0 Å². The maximum Gasteiger partial charge on any atom is 0.356 e. The highest BCUT2D eigenvalue weighted by Gasteiger charge is 2.36. The van der Waals surface area contributed by atoms with Crippen molar-refractivity contribution >= 4 is 41.0 Å². The molecule has 0 spiro atoms. The van der Waals surface area contributed by atoms with Crippen molar-refractivity contribution in [1.82, 2.24) is 9.97 Å². The Morgan fingerprint density at radius 2 is 1.06 bits per heavy atom. The third-order valence-corrected chi connectivity index (χ3v) is 11.5. The van der Waals surface area contributed by atoms with Crippen LogP contribution in [0.15, 0.2) is 48.5 Å². The molecule has 2 N–H and O–H groups in total. The number of anilines is 1. The molecule has 13 heteroatoms. The topological polar surface area (TPSA) is 166 Å². The van der Waals surface area contributed by atoms with Gasteiger partial charge in [-0.25, -0.2) is 24.4 Å². The van der Waals surface area contributed by atoms with Gasteiger partial charge in [-0.3, -0.25) is 4.79 Å². The molecule has 2 atom stereocenters. The number of hydrogen-bond acceptors (Lipinski definition) is 12. The first kappa shape index (κ1) is 51.5. The highest BCUT2D eigenvalue weighted by atomic mass is 35.5. The van der Waals surface area contributed by atoms with E-state index in [-0.39, 0.29) is 11.5 Å². The SMILES string of the molecule is COC(=O)[C@@H](OC(C)(C)C)c1c(C)nc(C(=O)CC2CCC(C)CC2)c(C)c1-c1ccc(Cl)cc1.COC(=O)c1nc(C)c([C@H](OC(C)(C)C)C(=O)OC)c(-c2ccc(N)cc2)c1C. The average Bonchev–Trinajstić information content (AvgIpc) is 3.23.